The molecule has 0 fully saturated rings. The van der Waals surface area contributed by atoms with Crippen molar-refractivity contribution in [3.63, 3.8) is 0 Å². The van der Waals surface area contributed by atoms with Crippen molar-refractivity contribution in [3.8, 4) is 6.07 Å². The molecule has 2 nitrogen and oxygen atoms in total. The summed E-state index contributed by atoms with van der Waals surface area (Å²) in [5.74, 6) is 0. The number of nitriles is 1. The van der Waals surface area contributed by atoms with Gasteiger partial charge >= 0.3 is 0 Å². The van der Waals surface area contributed by atoms with Crippen molar-refractivity contribution in [1.82, 2.24) is 0 Å². The Morgan fingerprint density at radius 2 is 2.33 bits per heavy atom. The highest BCUT2D eigenvalue weighted by molar-refractivity contribution is 8.02. The Kier molecular flexibility index (Phi) is 1.77. The fraction of sp³-hybridized carbons (Fsp3) is 0. The van der Waals surface area contributed by atoms with Crippen LogP contribution in [0.1, 0.15) is 5.56 Å². The zero-order valence-corrected chi connectivity index (χ0v) is 7.06. The Labute approximate surface area is 74.9 Å². The molecule has 1 aliphatic heterocycles. The van der Waals surface area contributed by atoms with E-state index >= 15 is 0 Å². The minimum Gasteiger partial charge on any atom is -0.360 e. The van der Waals surface area contributed by atoms with Gasteiger partial charge in [0, 0.05) is 11.1 Å². The van der Waals surface area contributed by atoms with Gasteiger partial charge in [0.05, 0.1) is 17.3 Å². The Balaban J connectivity index is 2.48. The minimum absolute atomic E-state index is 0.692. The van der Waals surface area contributed by atoms with Gasteiger partial charge < -0.3 is 5.32 Å². The van der Waals surface area contributed by atoms with Crippen molar-refractivity contribution in [2.24, 2.45) is 0 Å². The number of hydrogen-bond acceptors (Lipinski definition) is 3. The molecule has 3 heteroatoms. The lowest BCUT2D eigenvalue weighted by atomic mass is 10.2. The van der Waals surface area contributed by atoms with Gasteiger partial charge in [-0.05, 0) is 23.6 Å². The molecule has 0 aromatic heterocycles. The molecule has 1 aromatic rings. The van der Waals surface area contributed by atoms with E-state index in [2.05, 4.69) is 11.4 Å². The smallest absolute Gasteiger partial charge is 0.0992 e. The highest BCUT2D eigenvalue weighted by Gasteiger charge is 2.04. The predicted molar refractivity (Wildman–Crippen MR) is 49.8 cm³/mol. The van der Waals surface area contributed by atoms with Crippen LogP contribution in [0.4, 0.5) is 5.69 Å². The first kappa shape index (κ1) is 7.26. The van der Waals surface area contributed by atoms with Crippen LogP contribution in [0.2, 0.25) is 0 Å². The maximum Gasteiger partial charge on any atom is 0.0992 e. The topological polar surface area (TPSA) is 35.8 Å². The number of hydrogen-bond donors (Lipinski definition) is 1. The highest BCUT2D eigenvalue weighted by atomic mass is 32.2. The van der Waals surface area contributed by atoms with Crippen LogP contribution >= 0.6 is 11.8 Å². The molecule has 0 saturated heterocycles. The van der Waals surface area contributed by atoms with E-state index in [-0.39, 0.29) is 0 Å². The van der Waals surface area contributed by atoms with Crippen molar-refractivity contribution < 1.29 is 0 Å². The monoisotopic (exact) mass is 174 g/mol. The molecular formula is C9H6N2S. The van der Waals surface area contributed by atoms with Crippen molar-refractivity contribution in [1.29, 1.82) is 5.26 Å². The number of fused-ring (bicyclic) bond motifs is 1. The van der Waals surface area contributed by atoms with Crippen LogP contribution in [-0.4, -0.2) is 0 Å². The van der Waals surface area contributed by atoms with Crippen LogP contribution < -0.4 is 5.32 Å². The molecule has 0 spiro atoms. The van der Waals surface area contributed by atoms with Gasteiger partial charge in [0.15, 0.2) is 0 Å². The number of thioether (sulfide) groups is 1. The van der Waals surface area contributed by atoms with Crippen LogP contribution in [0.25, 0.3) is 0 Å². The number of anilines is 1. The van der Waals surface area contributed by atoms with Gasteiger partial charge in [0.2, 0.25) is 0 Å². The van der Waals surface area contributed by atoms with E-state index in [1.54, 1.807) is 11.8 Å². The summed E-state index contributed by atoms with van der Waals surface area (Å²) < 4.78 is 0. The van der Waals surface area contributed by atoms with Crippen LogP contribution in [-0.2, 0) is 0 Å². The molecule has 0 atom stereocenters. The van der Waals surface area contributed by atoms with E-state index < -0.39 is 0 Å². The quantitative estimate of drug-likeness (QED) is 0.656. The molecule has 0 radical (unpaired) electrons. The van der Waals surface area contributed by atoms with Crippen LogP contribution in [0, 0.1) is 11.3 Å². The first-order chi connectivity index (χ1) is 5.90. The molecule has 0 amide bonds. The number of nitrogens with zero attached hydrogens (tertiary/aromatic N) is 1. The largest absolute Gasteiger partial charge is 0.360 e. The summed E-state index contributed by atoms with van der Waals surface area (Å²) in [5.41, 5.74) is 1.71. The summed E-state index contributed by atoms with van der Waals surface area (Å²) in [5, 5.41) is 13.7. The normalized spacial score (nSPS) is 12.9. The molecule has 0 bridgehead atoms. The lowest BCUT2D eigenvalue weighted by Crippen LogP contribution is -1.93. The third-order valence-electron chi connectivity index (χ3n) is 1.61. The van der Waals surface area contributed by atoms with E-state index in [1.807, 2.05) is 29.8 Å². The zero-order chi connectivity index (χ0) is 8.39. The average Bonchev–Trinajstić information content (AvgIpc) is 2.17. The van der Waals surface area contributed by atoms with E-state index in [4.69, 9.17) is 5.26 Å². The van der Waals surface area contributed by atoms with Gasteiger partial charge in [-0.3, -0.25) is 0 Å². The molecule has 1 aromatic carbocycles. The summed E-state index contributed by atoms with van der Waals surface area (Å²) in [7, 11) is 0. The summed E-state index contributed by atoms with van der Waals surface area (Å²) in [6.45, 7) is 0. The Bertz CT molecular complexity index is 377. The van der Waals surface area contributed by atoms with Gasteiger partial charge in [-0.1, -0.05) is 11.8 Å². The summed E-state index contributed by atoms with van der Waals surface area (Å²) >= 11 is 1.66. The van der Waals surface area contributed by atoms with Crippen molar-refractivity contribution in [2.75, 3.05) is 5.32 Å². The van der Waals surface area contributed by atoms with Crippen LogP contribution in [0.5, 0.6) is 0 Å². The van der Waals surface area contributed by atoms with Gasteiger partial charge in [-0.15, -0.1) is 0 Å². The molecule has 0 saturated carbocycles. The van der Waals surface area contributed by atoms with Crippen molar-refractivity contribution in [2.45, 2.75) is 4.90 Å². The average molecular weight is 174 g/mol. The van der Waals surface area contributed by atoms with Gasteiger partial charge in [0.25, 0.3) is 0 Å². The van der Waals surface area contributed by atoms with E-state index in [9.17, 15) is 0 Å². The lowest BCUT2D eigenvalue weighted by Gasteiger charge is -2.11. The minimum atomic E-state index is 0.692. The van der Waals surface area contributed by atoms with Gasteiger partial charge in [-0.25, -0.2) is 0 Å². The molecule has 1 heterocycles. The van der Waals surface area contributed by atoms with Gasteiger partial charge in [-0.2, -0.15) is 5.26 Å². The molecule has 1 aliphatic rings. The van der Waals surface area contributed by atoms with Crippen LogP contribution in [0.15, 0.2) is 34.7 Å². The van der Waals surface area contributed by atoms with E-state index in [1.165, 1.54) is 0 Å². The number of nitrogens with one attached hydrogen (secondary N) is 1. The number of benzene rings is 1. The Hall–Kier alpha value is -1.40. The first-order valence-corrected chi connectivity index (χ1v) is 4.40. The predicted octanol–water partition coefficient (Wildman–Crippen LogP) is 2.55. The standard InChI is InChI=1S/C9H6N2S/c10-6-7-1-2-9-8(5-7)11-3-4-12-9/h1-5,11H. The summed E-state index contributed by atoms with van der Waals surface area (Å²) in [6, 6.07) is 7.74. The third-order valence-corrected chi connectivity index (χ3v) is 2.49. The van der Waals surface area contributed by atoms with E-state index in [0.717, 1.165) is 10.6 Å². The van der Waals surface area contributed by atoms with Crippen molar-refractivity contribution in [3.05, 3.63) is 35.4 Å². The second-order valence-corrected chi connectivity index (χ2v) is 3.34. The highest BCUT2D eigenvalue weighted by Crippen LogP contribution is 2.31. The number of rotatable bonds is 0. The lowest BCUT2D eigenvalue weighted by molar-refractivity contribution is 1.38. The first-order valence-electron chi connectivity index (χ1n) is 3.52. The molecule has 1 N–H and O–H groups in total. The SMILES string of the molecule is N#Cc1ccc2c(c1)NC=CS2. The second kappa shape index (κ2) is 2.92. The third kappa shape index (κ3) is 1.17. The zero-order valence-electron chi connectivity index (χ0n) is 6.24. The second-order valence-electron chi connectivity index (χ2n) is 2.39. The van der Waals surface area contributed by atoms with Crippen LogP contribution in [0.3, 0.4) is 0 Å². The van der Waals surface area contributed by atoms with Crippen molar-refractivity contribution >= 4 is 17.4 Å². The molecular weight excluding hydrogens is 168 g/mol. The Morgan fingerprint density at radius 1 is 1.42 bits per heavy atom. The maximum atomic E-state index is 8.64. The molecule has 0 unspecified atom stereocenters. The molecule has 58 valence electrons. The summed E-state index contributed by atoms with van der Waals surface area (Å²) in [4.78, 5) is 1.16. The fourth-order valence-electron chi connectivity index (χ4n) is 1.05. The summed E-state index contributed by atoms with van der Waals surface area (Å²) in [6.07, 6.45) is 1.87. The molecule has 0 aliphatic carbocycles. The maximum absolute atomic E-state index is 8.64. The Morgan fingerprint density at radius 3 is 3.17 bits per heavy atom. The fourth-order valence-corrected chi connectivity index (χ4v) is 1.72. The van der Waals surface area contributed by atoms with Gasteiger partial charge in [0.1, 0.15) is 0 Å². The molecule has 12 heavy (non-hydrogen) atoms. The molecule has 2 rings (SSSR count). The van der Waals surface area contributed by atoms with E-state index in [0.29, 0.717) is 5.56 Å².